The van der Waals surface area contributed by atoms with Crippen molar-refractivity contribution in [1.82, 2.24) is 9.97 Å². The summed E-state index contributed by atoms with van der Waals surface area (Å²) in [6.45, 7) is 0.518. The molecule has 0 unspecified atom stereocenters. The maximum absolute atomic E-state index is 5.59. The molecule has 0 radical (unpaired) electrons. The molecule has 1 heterocycles. The van der Waals surface area contributed by atoms with Gasteiger partial charge in [0.15, 0.2) is 5.75 Å². The molecule has 0 saturated carbocycles. The van der Waals surface area contributed by atoms with Gasteiger partial charge in [-0.25, -0.2) is 9.97 Å². The van der Waals surface area contributed by atoms with Gasteiger partial charge in [-0.2, -0.15) is 0 Å². The van der Waals surface area contributed by atoms with Crippen LogP contribution < -0.4 is 4.74 Å². The van der Waals surface area contributed by atoms with Crippen molar-refractivity contribution in [3.05, 3.63) is 54.1 Å². The van der Waals surface area contributed by atoms with Crippen molar-refractivity contribution in [3.8, 4) is 5.75 Å². The average molecular weight is 235 g/mol. The van der Waals surface area contributed by atoms with Gasteiger partial charge in [0.2, 0.25) is 0 Å². The highest BCUT2D eigenvalue weighted by molar-refractivity contribution is 6.16. The maximum Gasteiger partial charge on any atom is 0.156 e. The molecule has 0 spiro atoms. The second-order valence-corrected chi connectivity index (χ2v) is 3.51. The highest BCUT2D eigenvalue weighted by Crippen LogP contribution is 2.10. The lowest BCUT2D eigenvalue weighted by Gasteiger charge is -2.05. The van der Waals surface area contributed by atoms with Gasteiger partial charge in [0, 0.05) is 0 Å². The third kappa shape index (κ3) is 2.94. The van der Waals surface area contributed by atoms with Crippen molar-refractivity contribution in [2.45, 2.75) is 12.5 Å². The highest BCUT2D eigenvalue weighted by Gasteiger charge is 1.97. The van der Waals surface area contributed by atoms with Gasteiger partial charge < -0.3 is 4.74 Å². The Morgan fingerprint density at radius 1 is 1.06 bits per heavy atom. The quantitative estimate of drug-likeness (QED) is 0.763. The Morgan fingerprint density at radius 2 is 1.75 bits per heavy atom. The van der Waals surface area contributed by atoms with E-state index in [2.05, 4.69) is 9.97 Å². The minimum atomic E-state index is 0.318. The minimum Gasteiger partial charge on any atom is -0.486 e. The van der Waals surface area contributed by atoms with E-state index in [9.17, 15) is 0 Å². The zero-order chi connectivity index (χ0) is 11.2. The fraction of sp³-hybridized carbons (Fsp3) is 0.167. The average Bonchev–Trinajstić information content (AvgIpc) is 2.38. The first-order valence-corrected chi connectivity index (χ1v) is 5.45. The highest BCUT2D eigenvalue weighted by atomic mass is 35.5. The Morgan fingerprint density at radius 3 is 2.38 bits per heavy atom. The molecule has 0 aliphatic carbocycles. The Balaban J connectivity index is 1.94. The van der Waals surface area contributed by atoms with Crippen LogP contribution in [0.4, 0.5) is 0 Å². The first-order valence-electron chi connectivity index (χ1n) is 4.92. The number of alkyl halides is 1. The van der Waals surface area contributed by atoms with E-state index in [1.807, 2.05) is 30.3 Å². The number of ether oxygens (including phenoxy) is 1. The lowest BCUT2D eigenvalue weighted by atomic mass is 10.2. The Kier molecular flexibility index (Phi) is 3.72. The normalized spacial score (nSPS) is 10.1. The van der Waals surface area contributed by atoms with E-state index in [1.165, 1.54) is 0 Å². The molecule has 4 heteroatoms. The number of halogens is 1. The molecule has 0 atom stereocenters. The van der Waals surface area contributed by atoms with Gasteiger partial charge in [-0.15, -0.1) is 11.6 Å². The van der Waals surface area contributed by atoms with E-state index in [0.29, 0.717) is 24.1 Å². The van der Waals surface area contributed by atoms with Crippen LogP contribution in [-0.4, -0.2) is 9.97 Å². The van der Waals surface area contributed by atoms with Gasteiger partial charge in [0.05, 0.1) is 18.3 Å². The predicted octanol–water partition coefficient (Wildman–Crippen LogP) is 2.79. The number of nitrogens with zero attached hydrogens (tertiary/aromatic N) is 2. The molecule has 2 aromatic rings. The van der Waals surface area contributed by atoms with Gasteiger partial charge in [0.1, 0.15) is 12.4 Å². The van der Waals surface area contributed by atoms with Gasteiger partial charge in [-0.3, -0.25) is 0 Å². The van der Waals surface area contributed by atoms with Crippen molar-refractivity contribution in [1.29, 1.82) is 0 Å². The molecule has 0 fully saturated rings. The lowest BCUT2D eigenvalue weighted by Crippen LogP contribution is -1.97. The Hall–Kier alpha value is -1.61. The molecule has 0 saturated heterocycles. The zero-order valence-corrected chi connectivity index (χ0v) is 9.39. The molecule has 82 valence electrons. The van der Waals surface area contributed by atoms with Gasteiger partial charge in [-0.05, 0) is 5.56 Å². The molecule has 0 aliphatic rings. The van der Waals surface area contributed by atoms with Crippen molar-refractivity contribution in [2.24, 2.45) is 0 Å². The maximum atomic E-state index is 5.59. The van der Waals surface area contributed by atoms with E-state index >= 15 is 0 Å². The lowest BCUT2D eigenvalue weighted by molar-refractivity contribution is 0.303. The second kappa shape index (κ2) is 5.47. The number of hydrogen-bond acceptors (Lipinski definition) is 3. The smallest absolute Gasteiger partial charge is 0.156 e. The minimum absolute atomic E-state index is 0.318. The first-order chi connectivity index (χ1) is 7.88. The van der Waals surface area contributed by atoms with Crippen LogP contribution in [0.25, 0.3) is 0 Å². The topological polar surface area (TPSA) is 35.0 Å². The monoisotopic (exact) mass is 234 g/mol. The van der Waals surface area contributed by atoms with Crippen molar-refractivity contribution in [2.75, 3.05) is 0 Å². The Labute approximate surface area is 99.1 Å². The number of benzene rings is 1. The van der Waals surface area contributed by atoms with Crippen molar-refractivity contribution in [3.63, 3.8) is 0 Å². The Bertz CT molecular complexity index is 431. The molecule has 2 rings (SSSR count). The summed E-state index contributed by atoms with van der Waals surface area (Å²) in [5, 5.41) is 0. The summed E-state index contributed by atoms with van der Waals surface area (Å²) in [6.07, 6.45) is 3.27. The summed E-state index contributed by atoms with van der Waals surface area (Å²) in [5.41, 5.74) is 1.11. The van der Waals surface area contributed by atoms with Crippen LogP contribution in [0.15, 0.2) is 42.7 Å². The van der Waals surface area contributed by atoms with Crippen LogP contribution in [0.1, 0.15) is 11.4 Å². The second-order valence-electron chi connectivity index (χ2n) is 3.24. The van der Waals surface area contributed by atoms with E-state index in [-0.39, 0.29) is 0 Å². The van der Waals surface area contributed by atoms with Crippen LogP contribution in [0.2, 0.25) is 0 Å². The van der Waals surface area contributed by atoms with Crippen LogP contribution in [0, 0.1) is 0 Å². The molecule has 0 aliphatic heterocycles. The van der Waals surface area contributed by atoms with Crippen LogP contribution in [-0.2, 0) is 12.5 Å². The largest absolute Gasteiger partial charge is 0.486 e. The first kappa shape index (κ1) is 10.9. The molecule has 1 aromatic heterocycles. The molecule has 0 N–H and O–H groups in total. The van der Waals surface area contributed by atoms with Crippen LogP contribution in [0.5, 0.6) is 5.75 Å². The summed E-state index contributed by atoms with van der Waals surface area (Å²) >= 11 is 5.59. The molecule has 1 aromatic carbocycles. The van der Waals surface area contributed by atoms with Crippen molar-refractivity contribution < 1.29 is 4.74 Å². The van der Waals surface area contributed by atoms with Gasteiger partial charge in [-0.1, -0.05) is 30.3 Å². The van der Waals surface area contributed by atoms with E-state index in [4.69, 9.17) is 16.3 Å². The fourth-order valence-corrected chi connectivity index (χ4v) is 1.37. The molecule has 3 nitrogen and oxygen atoms in total. The standard InChI is InChI=1S/C12H11ClN2O/c13-6-12-14-7-11(8-15-12)16-9-10-4-2-1-3-5-10/h1-5,7-8H,6,9H2. The summed E-state index contributed by atoms with van der Waals surface area (Å²) in [4.78, 5) is 8.08. The summed E-state index contributed by atoms with van der Waals surface area (Å²) in [5.74, 6) is 1.57. The fourth-order valence-electron chi connectivity index (χ4n) is 1.23. The number of aromatic nitrogens is 2. The van der Waals surface area contributed by atoms with E-state index in [0.717, 1.165) is 5.56 Å². The molecule has 0 amide bonds. The van der Waals surface area contributed by atoms with Crippen LogP contribution in [0.3, 0.4) is 0 Å². The molecular weight excluding hydrogens is 224 g/mol. The van der Waals surface area contributed by atoms with Gasteiger partial charge in [0.25, 0.3) is 0 Å². The molecular formula is C12H11ClN2O. The summed E-state index contributed by atoms with van der Waals surface area (Å²) < 4.78 is 5.52. The summed E-state index contributed by atoms with van der Waals surface area (Å²) in [6, 6.07) is 9.95. The number of rotatable bonds is 4. The zero-order valence-electron chi connectivity index (χ0n) is 8.64. The number of hydrogen-bond donors (Lipinski definition) is 0. The van der Waals surface area contributed by atoms with E-state index < -0.39 is 0 Å². The third-order valence-corrected chi connectivity index (χ3v) is 2.29. The third-order valence-electron chi connectivity index (χ3n) is 2.05. The SMILES string of the molecule is ClCc1ncc(OCc2ccccc2)cn1. The molecule has 0 bridgehead atoms. The van der Waals surface area contributed by atoms with Crippen LogP contribution >= 0.6 is 11.6 Å². The summed E-state index contributed by atoms with van der Waals surface area (Å²) in [7, 11) is 0. The predicted molar refractivity (Wildman–Crippen MR) is 62.4 cm³/mol. The molecule has 16 heavy (non-hydrogen) atoms. The van der Waals surface area contributed by atoms with E-state index in [1.54, 1.807) is 12.4 Å². The van der Waals surface area contributed by atoms with Crippen molar-refractivity contribution >= 4 is 11.6 Å². The van der Waals surface area contributed by atoms with Gasteiger partial charge >= 0.3 is 0 Å².